The maximum atomic E-state index is 13.8. The molecular formula is C27H34N4O3. The maximum Gasteiger partial charge on any atom is 0.330 e. The zero-order valence-electron chi connectivity index (χ0n) is 20.3. The van der Waals surface area contributed by atoms with Crippen LogP contribution in [-0.2, 0) is 11.3 Å². The van der Waals surface area contributed by atoms with Crippen molar-refractivity contribution in [1.29, 1.82) is 0 Å². The Kier molecular flexibility index (Phi) is 8.10. The topological polar surface area (TPSA) is 101 Å². The molecule has 0 fully saturated rings. The summed E-state index contributed by atoms with van der Waals surface area (Å²) in [6.45, 7) is 8.51. The molecule has 0 unspecified atom stereocenters. The number of nitrogens with two attached hydrogens (primary N) is 1. The van der Waals surface area contributed by atoms with Crippen molar-refractivity contribution in [2.45, 2.75) is 46.6 Å². The predicted molar refractivity (Wildman–Crippen MR) is 137 cm³/mol. The third kappa shape index (κ3) is 5.84. The highest BCUT2D eigenvalue weighted by molar-refractivity contribution is 5.96. The Morgan fingerprint density at radius 3 is 1.91 bits per heavy atom. The van der Waals surface area contributed by atoms with E-state index in [0.717, 1.165) is 11.1 Å². The minimum Gasteiger partial charge on any atom is -0.383 e. The lowest BCUT2D eigenvalue weighted by molar-refractivity contribution is -0.119. The summed E-state index contributed by atoms with van der Waals surface area (Å²) in [6.07, 6.45) is 0.156. The van der Waals surface area contributed by atoms with Crippen LogP contribution in [0.25, 0.3) is 0 Å². The van der Waals surface area contributed by atoms with Crippen molar-refractivity contribution in [2.75, 3.05) is 17.2 Å². The van der Waals surface area contributed by atoms with Crippen molar-refractivity contribution in [3.05, 3.63) is 92.6 Å². The van der Waals surface area contributed by atoms with Gasteiger partial charge >= 0.3 is 5.69 Å². The van der Waals surface area contributed by atoms with Gasteiger partial charge in [0.2, 0.25) is 5.91 Å². The minimum absolute atomic E-state index is 0.0208. The number of carbonyl (C=O) groups is 1. The van der Waals surface area contributed by atoms with Crippen molar-refractivity contribution < 1.29 is 4.79 Å². The third-order valence-corrected chi connectivity index (χ3v) is 5.66. The fraction of sp³-hybridized carbons (Fsp3) is 0.370. The number of H-pyrrole nitrogens is 1. The average molecular weight is 463 g/mol. The summed E-state index contributed by atoms with van der Waals surface area (Å²) in [4.78, 5) is 42.9. The summed E-state index contributed by atoms with van der Waals surface area (Å²) in [5.74, 6) is -0.175. The predicted octanol–water partition coefficient (Wildman–Crippen LogP) is 3.99. The first-order chi connectivity index (χ1) is 16.2. The molecule has 3 rings (SSSR count). The molecule has 34 heavy (non-hydrogen) atoms. The number of aromatic nitrogens is 2. The van der Waals surface area contributed by atoms with Gasteiger partial charge in [0.05, 0.1) is 0 Å². The van der Waals surface area contributed by atoms with Gasteiger partial charge in [0, 0.05) is 25.4 Å². The molecule has 0 aliphatic rings. The van der Waals surface area contributed by atoms with Gasteiger partial charge in [0.1, 0.15) is 5.82 Å². The molecule has 7 nitrogen and oxygen atoms in total. The van der Waals surface area contributed by atoms with E-state index in [-0.39, 0.29) is 41.6 Å². The lowest BCUT2D eigenvalue weighted by Gasteiger charge is -2.28. The second kappa shape index (κ2) is 11.0. The Morgan fingerprint density at radius 2 is 1.44 bits per heavy atom. The van der Waals surface area contributed by atoms with Crippen LogP contribution in [0.5, 0.6) is 0 Å². The molecule has 2 aromatic carbocycles. The second-order valence-corrected chi connectivity index (χ2v) is 9.47. The highest BCUT2D eigenvalue weighted by Gasteiger charge is 2.28. The maximum absolute atomic E-state index is 13.8. The normalized spacial score (nSPS) is 11.4. The third-order valence-electron chi connectivity index (χ3n) is 5.66. The molecule has 180 valence electrons. The summed E-state index contributed by atoms with van der Waals surface area (Å²) in [6, 6.07) is 19.7. The van der Waals surface area contributed by atoms with E-state index in [1.807, 2.05) is 88.4 Å². The molecule has 0 atom stereocenters. The fourth-order valence-corrected chi connectivity index (χ4v) is 4.15. The van der Waals surface area contributed by atoms with Gasteiger partial charge in [0.15, 0.2) is 5.69 Å². The number of carbonyl (C=O) groups excluding carboxylic acids is 1. The number of anilines is 2. The number of benzene rings is 2. The largest absolute Gasteiger partial charge is 0.383 e. The molecule has 1 amide bonds. The minimum atomic E-state index is -0.646. The van der Waals surface area contributed by atoms with Crippen molar-refractivity contribution in [3.8, 4) is 0 Å². The first-order valence-electron chi connectivity index (χ1n) is 11.7. The van der Waals surface area contributed by atoms with Crippen LogP contribution in [-0.4, -0.2) is 22.0 Å². The molecule has 3 N–H and O–H groups in total. The van der Waals surface area contributed by atoms with Gasteiger partial charge in [-0.1, -0.05) is 88.4 Å². The Labute approximate surface area is 200 Å². The van der Waals surface area contributed by atoms with Crippen molar-refractivity contribution in [1.82, 2.24) is 9.55 Å². The number of hydrogen-bond acceptors (Lipinski definition) is 4. The van der Waals surface area contributed by atoms with Crippen molar-refractivity contribution >= 4 is 17.4 Å². The zero-order valence-corrected chi connectivity index (χ0v) is 20.3. The van der Waals surface area contributed by atoms with Crippen LogP contribution < -0.4 is 21.9 Å². The van der Waals surface area contributed by atoms with E-state index in [4.69, 9.17) is 5.73 Å². The van der Waals surface area contributed by atoms with Gasteiger partial charge in [0.25, 0.3) is 5.56 Å². The van der Waals surface area contributed by atoms with E-state index in [2.05, 4.69) is 4.98 Å². The van der Waals surface area contributed by atoms with Crippen LogP contribution in [0, 0.1) is 11.8 Å². The Hall–Kier alpha value is -3.61. The Morgan fingerprint density at radius 1 is 0.912 bits per heavy atom. The van der Waals surface area contributed by atoms with Crippen LogP contribution in [0.1, 0.15) is 51.2 Å². The van der Waals surface area contributed by atoms with Gasteiger partial charge in [-0.15, -0.1) is 0 Å². The van der Waals surface area contributed by atoms with E-state index < -0.39 is 11.2 Å². The molecular weight excluding hydrogens is 428 g/mol. The summed E-state index contributed by atoms with van der Waals surface area (Å²) < 4.78 is 1.34. The average Bonchev–Trinajstić information content (AvgIpc) is 2.80. The number of hydrogen-bond donors (Lipinski definition) is 2. The molecule has 0 aliphatic carbocycles. The van der Waals surface area contributed by atoms with Crippen LogP contribution >= 0.6 is 0 Å². The Bertz CT molecular complexity index is 1170. The molecule has 0 saturated heterocycles. The van der Waals surface area contributed by atoms with E-state index in [9.17, 15) is 14.4 Å². The summed E-state index contributed by atoms with van der Waals surface area (Å²) in [5, 5.41) is 0. The summed E-state index contributed by atoms with van der Waals surface area (Å²) in [5.41, 5.74) is 7.20. The molecule has 0 aliphatic heterocycles. The number of nitrogen functional groups attached to an aromatic ring is 1. The lowest BCUT2D eigenvalue weighted by atomic mass is 9.88. The van der Waals surface area contributed by atoms with Gasteiger partial charge in [-0.05, 0) is 23.0 Å². The van der Waals surface area contributed by atoms with E-state index in [0.29, 0.717) is 13.1 Å². The van der Waals surface area contributed by atoms with Crippen molar-refractivity contribution in [3.63, 3.8) is 0 Å². The number of rotatable bonds is 9. The standard InChI is InChI=1S/C27H34N4O3/c1-18(2)16-30(24-25(28)31(17-19(3)4)27(34)29-26(24)33)23(32)15-22(20-11-7-5-8-12-20)21-13-9-6-10-14-21/h5-14,18-19,22H,15-17,28H2,1-4H3,(H,29,33,34). The zero-order chi connectivity index (χ0) is 24.8. The lowest BCUT2D eigenvalue weighted by Crippen LogP contribution is -2.43. The highest BCUT2D eigenvalue weighted by Crippen LogP contribution is 2.30. The van der Waals surface area contributed by atoms with Gasteiger partial charge in [-0.25, -0.2) is 4.79 Å². The number of amides is 1. The summed E-state index contributed by atoms with van der Waals surface area (Å²) >= 11 is 0. The van der Waals surface area contributed by atoms with E-state index in [1.54, 1.807) is 0 Å². The molecule has 0 saturated carbocycles. The van der Waals surface area contributed by atoms with E-state index >= 15 is 0 Å². The summed E-state index contributed by atoms with van der Waals surface area (Å²) in [7, 11) is 0. The van der Waals surface area contributed by atoms with Gasteiger partial charge in [-0.2, -0.15) is 0 Å². The second-order valence-electron chi connectivity index (χ2n) is 9.47. The van der Waals surface area contributed by atoms with Crippen LogP contribution in [0.2, 0.25) is 0 Å². The SMILES string of the molecule is CC(C)CN(C(=O)CC(c1ccccc1)c1ccccc1)c1c(N)n(CC(C)C)c(=O)[nH]c1=O. The van der Waals surface area contributed by atoms with E-state index in [1.165, 1.54) is 9.47 Å². The number of nitrogens with zero attached hydrogens (tertiary/aromatic N) is 2. The molecule has 1 aromatic heterocycles. The molecule has 0 radical (unpaired) electrons. The smallest absolute Gasteiger partial charge is 0.330 e. The number of aromatic amines is 1. The first kappa shape index (κ1) is 25.0. The highest BCUT2D eigenvalue weighted by atomic mass is 16.2. The molecule has 0 spiro atoms. The first-order valence-corrected chi connectivity index (χ1v) is 11.7. The quantitative estimate of drug-likeness (QED) is 0.502. The van der Waals surface area contributed by atoms with Crippen molar-refractivity contribution in [2.24, 2.45) is 11.8 Å². The molecule has 7 heteroatoms. The molecule has 3 aromatic rings. The van der Waals surface area contributed by atoms with Crippen LogP contribution in [0.3, 0.4) is 0 Å². The van der Waals surface area contributed by atoms with Crippen LogP contribution in [0.15, 0.2) is 70.3 Å². The fourth-order valence-electron chi connectivity index (χ4n) is 4.15. The monoisotopic (exact) mass is 462 g/mol. The molecule has 1 heterocycles. The molecule has 0 bridgehead atoms. The van der Waals surface area contributed by atoms with Crippen LogP contribution in [0.4, 0.5) is 11.5 Å². The Balaban J connectivity index is 2.07. The number of nitrogens with one attached hydrogen (secondary N) is 1. The van der Waals surface area contributed by atoms with Gasteiger partial charge < -0.3 is 10.6 Å². The van der Waals surface area contributed by atoms with Gasteiger partial charge in [-0.3, -0.25) is 19.1 Å².